The lowest BCUT2D eigenvalue weighted by atomic mass is 10.0. The van der Waals surface area contributed by atoms with Crippen molar-refractivity contribution in [3.8, 4) is 22.4 Å². The van der Waals surface area contributed by atoms with Gasteiger partial charge in [0.1, 0.15) is 0 Å². The number of carbonyl (C=O) groups is 1. The largest absolute Gasteiger partial charge is 0.305 e. The molecule has 3 aromatic heterocycles. The van der Waals surface area contributed by atoms with Gasteiger partial charge in [-0.25, -0.2) is 4.98 Å². The van der Waals surface area contributed by atoms with E-state index in [1.165, 1.54) is 6.20 Å². The average molecular weight is 419 g/mol. The van der Waals surface area contributed by atoms with Crippen molar-refractivity contribution >= 4 is 23.3 Å². The van der Waals surface area contributed by atoms with Crippen LogP contribution in [0.2, 0.25) is 5.02 Å². The molecule has 1 N–H and O–H groups in total. The van der Waals surface area contributed by atoms with Crippen LogP contribution >= 0.6 is 11.6 Å². The van der Waals surface area contributed by atoms with E-state index < -0.39 is 0 Å². The third-order valence-corrected chi connectivity index (χ3v) is 5.22. The lowest BCUT2D eigenvalue weighted by Crippen LogP contribution is -2.15. The average Bonchev–Trinajstić information content (AvgIpc) is 3.17. The van der Waals surface area contributed by atoms with Crippen LogP contribution in [0.15, 0.2) is 55.4 Å². The molecule has 4 aromatic rings. The fourth-order valence-electron chi connectivity index (χ4n) is 3.05. The minimum atomic E-state index is -0.276. The highest BCUT2D eigenvalue weighted by atomic mass is 35.5. The van der Waals surface area contributed by atoms with Crippen LogP contribution in [0.25, 0.3) is 22.4 Å². The molecule has 3 heterocycles. The van der Waals surface area contributed by atoms with Crippen LogP contribution < -0.4 is 5.32 Å². The van der Waals surface area contributed by atoms with E-state index in [1.807, 2.05) is 45.3 Å². The molecule has 1 aromatic carbocycles. The number of nitrogens with zero attached hydrogens (tertiary/aromatic N) is 5. The Kier molecular flexibility index (Phi) is 5.29. The van der Waals surface area contributed by atoms with Gasteiger partial charge in [0.25, 0.3) is 5.91 Å². The van der Waals surface area contributed by atoms with E-state index >= 15 is 0 Å². The molecule has 0 radical (unpaired) electrons. The van der Waals surface area contributed by atoms with Gasteiger partial charge in [-0.05, 0) is 42.7 Å². The van der Waals surface area contributed by atoms with Crippen molar-refractivity contribution in [1.29, 1.82) is 0 Å². The van der Waals surface area contributed by atoms with Crippen molar-refractivity contribution in [2.75, 3.05) is 5.32 Å². The monoisotopic (exact) mass is 418 g/mol. The van der Waals surface area contributed by atoms with Gasteiger partial charge in [0, 0.05) is 36.8 Å². The molecular weight excluding hydrogens is 400 g/mol. The zero-order valence-electron chi connectivity index (χ0n) is 16.7. The first-order valence-corrected chi connectivity index (χ1v) is 9.63. The van der Waals surface area contributed by atoms with E-state index in [4.69, 9.17) is 11.6 Å². The molecule has 4 rings (SSSR count). The summed E-state index contributed by atoms with van der Waals surface area (Å²) in [6.45, 7) is 3.80. The summed E-state index contributed by atoms with van der Waals surface area (Å²) >= 11 is 6.39. The number of hydrogen-bond acceptors (Lipinski definition) is 5. The van der Waals surface area contributed by atoms with Crippen molar-refractivity contribution < 1.29 is 4.79 Å². The van der Waals surface area contributed by atoms with Gasteiger partial charge in [0.15, 0.2) is 5.82 Å². The third-order valence-electron chi connectivity index (χ3n) is 4.89. The van der Waals surface area contributed by atoms with Crippen LogP contribution in [0.5, 0.6) is 0 Å². The standard InChI is InChI=1S/C22H19ClN6O/c1-13-7-24-9-18(14(13)2)22(30)28-21-11-25-20(10-26-21)17-6-15(4-5-19(17)23)16-8-27-29(3)12-16/h4-12H,1-3H3,(H,26,28,30). The van der Waals surface area contributed by atoms with Gasteiger partial charge >= 0.3 is 0 Å². The second-order valence-corrected chi connectivity index (χ2v) is 7.37. The predicted molar refractivity (Wildman–Crippen MR) is 116 cm³/mol. The fraction of sp³-hybridized carbons (Fsp3) is 0.136. The fourth-order valence-corrected chi connectivity index (χ4v) is 3.26. The smallest absolute Gasteiger partial charge is 0.258 e. The quantitative estimate of drug-likeness (QED) is 0.528. The van der Waals surface area contributed by atoms with Crippen LogP contribution in [0.3, 0.4) is 0 Å². The van der Waals surface area contributed by atoms with Crippen LogP contribution in [-0.4, -0.2) is 30.6 Å². The third kappa shape index (κ3) is 3.92. The molecule has 0 fully saturated rings. The number of anilines is 1. The minimum absolute atomic E-state index is 0.276. The lowest BCUT2D eigenvalue weighted by Gasteiger charge is -2.09. The van der Waals surface area contributed by atoms with Crippen molar-refractivity contribution in [2.24, 2.45) is 7.05 Å². The number of pyridine rings is 1. The van der Waals surface area contributed by atoms with Crippen LogP contribution in [-0.2, 0) is 7.05 Å². The van der Waals surface area contributed by atoms with Gasteiger partial charge in [-0.15, -0.1) is 0 Å². The maximum Gasteiger partial charge on any atom is 0.258 e. The van der Waals surface area contributed by atoms with Crippen molar-refractivity contribution in [1.82, 2.24) is 24.7 Å². The first-order valence-electron chi connectivity index (χ1n) is 9.26. The number of benzene rings is 1. The van der Waals surface area contributed by atoms with Gasteiger partial charge in [-0.1, -0.05) is 17.7 Å². The molecule has 0 saturated heterocycles. The van der Waals surface area contributed by atoms with Crippen LogP contribution in [0.4, 0.5) is 5.82 Å². The van der Waals surface area contributed by atoms with Crippen LogP contribution in [0, 0.1) is 13.8 Å². The topological polar surface area (TPSA) is 85.6 Å². The highest BCUT2D eigenvalue weighted by Crippen LogP contribution is 2.31. The van der Waals surface area contributed by atoms with E-state index in [9.17, 15) is 4.79 Å². The molecule has 30 heavy (non-hydrogen) atoms. The molecule has 0 spiro atoms. The van der Waals surface area contributed by atoms with Crippen molar-refractivity contribution in [3.05, 3.63) is 77.1 Å². The second kappa shape index (κ2) is 8.04. The Morgan fingerprint density at radius 1 is 1.03 bits per heavy atom. The Bertz CT molecular complexity index is 1230. The molecule has 0 aliphatic heterocycles. The van der Waals surface area contributed by atoms with Gasteiger partial charge in [-0.3, -0.25) is 19.4 Å². The zero-order chi connectivity index (χ0) is 21.3. The molecule has 0 unspecified atom stereocenters. The van der Waals surface area contributed by atoms with E-state index in [0.717, 1.165) is 27.8 Å². The number of aromatic nitrogens is 5. The highest BCUT2D eigenvalue weighted by Gasteiger charge is 2.13. The summed E-state index contributed by atoms with van der Waals surface area (Å²) in [5.74, 6) is 0.0755. The predicted octanol–water partition coefficient (Wildman–Crippen LogP) is 4.46. The normalized spacial score (nSPS) is 10.8. The van der Waals surface area contributed by atoms with E-state index in [0.29, 0.717) is 22.1 Å². The number of rotatable bonds is 4. The Balaban J connectivity index is 1.58. The maximum atomic E-state index is 12.6. The van der Waals surface area contributed by atoms with Gasteiger partial charge < -0.3 is 5.32 Å². The summed E-state index contributed by atoms with van der Waals surface area (Å²) in [7, 11) is 1.87. The molecule has 0 atom stereocenters. The second-order valence-electron chi connectivity index (χ2n) is 6.97. The molecule has 1 amide bonds. The van der Waals surface area contributed by atoms with E-state index in [2.05, 4.69) is 25.4 Å². The van der Waals surface area contributed by atoms with E-state index in [1.54, 1.807) is 29.5 Å². The minimum Gasteiger partial charge on any atom is -0.305 e. The summed E-state index contributed by atoms with van der Waals surface area (Å²) in [5.41, 5.74) is 5.66. The zero-order valence-corrected chi connectivity index (χ0v) is 17.5. The number of nitrogens with one attached hydrogen (secondary N) is 1. The van der Waals surface area contributed by atoms with Gasteiger partial charge in [-0.2, -0.15) is 5.10 Å². The number of carbonyl (C=O) groups excluding carboxylic acids is 1. The summed E-state index contributed by atoms with van der Waals surface area (Å²) in [6.07, 6.45) is 10.1. The number of halogens is 1. The molecule has 0 aliphatic rings. The summed E-state index contributed by atoms with van der Waals surface area (Å²) in [4.78, 5) is 25.4. The Hall–Kier alpha value is -3.58. The van der Waals surface area contributed by atoms with Crippen molar-refractivity contribution in [2.45, 2.75) is 13.8 Å². The number of amides is 1. The molecule has 8 heteroatoms. The molecule has 0 bridgehead atoms. The van der Waals surface area contributed by atoms with Gasteiger partial charge in [0.05, 0.1) is 34.9 Å². The summed E-state index contributed by atoms with van der Waals surface area (Å²) in [5, 5.41) is 7.53. The Morgan fingerprint density at radius 2 is 1.87 bits per heavy atom. The maximum absolute atomic E-state index is 12.6. The molecule has 7 nitrogen and oxygen atoms in total. The Morgan fingerprint density at radius 3 is 2.57 bits per heavy atom. The summed E-state index contributed by atoms with van der Waals surface area (Å²) in [6, 6.07) is 5.70. The van der Waals surface area contributed by atoms with Crippen LogP contribution in [0.1, 0.15) is 21.5 Å². The molecule has 150 valence electrons. The summed E-state index contributed by atoms with van der Waals surface area (Å²) < 4.78 is 1.74. The first kappa shape index (κ1) is 19.7. The lowest BCUT2D eigenvalue weighted by molar-refractivity contribution is 0.102. The Labute approximate surface area is 178 Å². The van der Waals surface area contributed by atoms with Crippen molar-refractivity contribution in [3.63, 3.8) is 0 Å². The number of aryl methyl sites for hydroxylation is 2. The SMILES string of the molecule is Cc1cncc(C(=O)Nc2cnc(-c3cc(-c4cnn(C)c4)ccc3Cl)cn2)c1C. The molecular formula is C22H19ClN6O. The molecule has 0 aliphatic carbocycles. The van der Waals surface area contributed by atoms with E-state index in [-0.39, 0.29) is 5.91 Å². The number of hydrogen-bond donors (Lipinski definition) is 1. The first-order chi connectivity index (χ1) is 14.4. The van der Waals surface area contributed by atoms with Gasteiger partial charge in [0.2, 0.25) is 0 Å². The molecule has 0 saturated carbocycles. The highest BCUT2D eigenvalue weighted by molar-refractivity contribution is 6.33.